The van der Waals surface area contributed by atoms with Gasteiger partial charge in [-0.25, -0.2) is 4.68 Å². The molecule has 1 aromatic heterocycles. The molecular weight excluding hydrogens is 215 g/mol. The molecule has 0 radical (unpaired) electrons. The fourth-order valence-electron chi connectivity index (χ4n) is 0.681. The first-order valence-electron chi connectivity index (χ1n) is 3.11. The minimum absolute atomic E-state index is 0.359. The zero-order valence-electron chi connectivity index (χ0n) is 6.05. The highest BCUT2D eigenvalue weighted by atomic mass is 79.9. The normalized spacial score (nSPS) is 10.5. The number of ether oxygens (including phenoxy) is 1. The lowest BCUT2D eigenvalue weighted by Crippen LogP contribution is -2.07. The molecule has 1 heterocycles. The van der Waals surface area contributed by atoms with Crippen LogP contribution in [0.2, 0.25) is 0 Å². The third kappa shape index (κ3) is 2.00. The largest absolute Gasteiger partial charge is 0.383 e. The molecule has 0 spiro atoms. The lowest BCUT2D eigenvalue weighted by Gasteiger charge is -1.99. The van der Waals surface area contributed by atoms with E-state index < -0.39 is 0 Å². The molecule has 0 aliphatic rings. The van der Waals surface area contributed by atoms with E-state index >= 15 is 0 Å². The highest BCUT2D eigenvalue weighted by Crippen LogP contribution is 2.12. The van der Waals surface area contributed by atoms with Crippen LogP contribution in [-0.4, -0.2) is 23.5 Å². The fourth-order valence-corrected chi connectivity index (χ4v) is 0.978. The van der Waals surface area contributed by atoms with E-state index in [0.717, 1.165) is 0 Å². The van der Waals surface area contributed by atoms with E-state index in [4.69, 9.17) is 4.74 Å². The average molecular weight is 223 g/mol. The van der Waals surface area contributed by atoms with Crippen molar-refractivity contribution in [3.8, 4) is 0 Å². The molecule has 0 bridgehead atoms. The molecule has 0 aliphatic carbocycles. The quantitative estimate of drug-likeness (QED) is 0.774. The minimum Gasteiger partial charge on any atom is -0.383 e. The summed E-state index contributed by atoms with van der Waals surface area (Å²) in [7, 11) is 1.57. The van der Waals surface area contributed by atoms with Gasteiger partial charge in [-0.1, -0.05) is 0 Å². The van der Waals surface area contributed by atoms with Crippen LogP contribution in [0.4, 0.5) is 4.39 Å². The Labute approximate surface area is 72.3 Å². The van der Waals surface area contributed by atoms with Crippen LogP contribution in [0.15, 0.2) is 10.7 Å². The number of halogens is 2. The van der Waals surface area contributed by atoms with Crippen LogP contribution in [-0.2, 0) is 11.3 Å². The van der Waals surface area contributed by atoms with Gasteiger partial charge in [0.05, 0.1) is 23.8 Å². The third-order valence-electron chi connectivity index (χ3n) is 1.24. The van der Waals surface area contributed by atoms with Crippen molar-refractivity contribution in [3.05, 3.63) is 16.6 Å². The Morgan fingerprint density at radius 1 is 1.82 bits per heavy atom. The first kappa shape index (κ1) is 8.67. The zero-order valence-corrected chi connectivity index (χ0v) is 7.64. The molecule has 0 unspecified atom stereocenters. The summed E-state index contributed by atoms with van der Waals surface area (Å²) in [4.78, 5) is 0. The molecule has 3 nitrogen and oxygen atoms in total. The Morgan fingerprint density at radius 3 is 3.00 bits per heavy atom. The first-order chi connectivity index (χ1) is 5.25. The third-order valence-corrected chi connectivity index (χ3v) is 1.77. The summed E-state index contributed by atoms with van der Waals surface area (Å²) in [6.45, 7) is 0.902. The molecule has 0 amide bonds. The topological polar surface area (TPSA) is 27.1 Å². The van der Waals surface area contributed by atoms with Gasteiger partial charge in [0.2, 0.25) is 5.95 Å². The number of methoxy groups -OCH3 is 1. The lowest BCUT2D eigenvalue weighted by molar-refractivity contribution is 0.178. The van der Waals surface area contributed by atoms with Crippen molar-refractivity contribution in [1.82, 2.24) is 9.78 Å². The van der Waals surface area contributed by atoms with E-state index in [1.165, 1.54) is 10.9 Å². The Morgan fingerprint density at radius 2 is 2.55 bits per heavy atom. The molecular formula is C6H8BrFN2O. The number of hydrogen-bond acceptors (Lipinski definition) is 2. The summed E-state index contributed by atoms with van der Waals surface area (Å²) in [5.74, 6) is -0.359. The van der Waals surface area contributed by atoms with Crippen molar-refractivity contribution in [2.24, 2.45) is 0 Å². The predicted molar refractivity (Wildman–Crippen MR) is 41.8 cm³/mol. The number of rotatable bonds is 3. The average Bonchev–Trinajstić information content (AvgIpc) is 2.31. The molecule has 0 atom stereocenters. The number of nitrogens with zero attached hydrogens (tertiary/aromatic N) is 2. The molecule has 0 aromatic carbocycles. The SMILES string of the molecule is COCCn1ncc(Br)c1F. The Kier molecular flexibility index (Phi) is 3.02. The molecule has 11 heavy (non-hydrogen) atoms. The van der Waals surface area contributed by atoms with Gasteiger partial charge in [0.15, 0.2) is 0 Å². The number of aromatic nitrogens is 2. The summed E-state index contributed by atoms with van der Waals surface area (Å²) in [5.41, 5.74) is 0. The van der Waals surface area contributed by atoms with Crippen molar-refractivity contribution in [2.75, 3.05) is 13.7 Å². The van der Waals surface area contributed by atoms with Crippen LogP contribution in [0.5, 0.6) is 0 Å². The lowest BCUT2D eigenvalue weighted by atomic mass is 10.6. The highest BCUT2D eigenvalue weighted by molar-refractivity contribution is 9.10. The van der Waals surface area contributed by atoms with Gasteiger partial charge < -0.3 is 4.74 Å². The second-order valence-electron chi connectivity index (χ2n) is 2.00. The van der Waals surface area contributed by atoms with Gasteiger partial charge in [-0.15, -0.1) is 0 Å². The molecule has 5 heteroatoms. The van der Waals surface area contributed by atoms with E-state index in [-0.39, 0.29) is 5.95 Å². The van der Waals surface area contributed by atoms with Gasteiger partial charge >= 0.3 is 0 Å². The summed E-state index contributed by atoms with van der Waals surface area (Å²) in [6.07, 6.45) is 1.42. The van der Waals surface area contributed by atoms with Crippen LogP contribution in [0.1, 0.15) is 0 Å². The van der Waals surface area contributed by atoms with Crippen LogP contribution in [0.3, 0.4) is 0 Å². The maximum Gasteiger partial charge on any atom is 0.225 e. The minimum atomic E-state index is -0.359. The standard InChI is InChI=1S/C6H8BrFN2O/c1-11-3-2-10-6(8)5(7)4-9-10/h4H,2-3H2,1H3. The number of hydrogen-bond donors (Lipinski definition) is 0. The van der Waals surface area contributed by atoms with Gasteiger partial charge in [0.25, 0.3) is 0 Å². The smallest absolute Gasteiger partial charge is 0.225 e. The first-order valence-corrected chi connectivity index (χ1v) is 3.90. The molecule has 1 rings (SSSR count). The van der Waals surface area contributed by atoms with Crippen molar-refractivity contribution < 1.29 is 9.13 Å². The van der Waals surface area contributed by atoms with E-state index in [9.17, 15) is 4.39 Å². The zero-order chi connectivity index (χ0) is 8.27. The Balaban J connectivity index is 2.63. The second-order valence-corrected chi connectivity index (χ2v) is 2.85. The summed E-state index contributed by atoms with van der Waals surface area (Å²) >= 11 is 3.01. The van der Waals surface area contributed by atoms with E-state index in [2.05, 4.69) is 21.0 Å². The van der Waals surface area contributed by atoms with Crippen LogP contribution < -0.4 is 0 Å². The van der Waals surface area contributed by atoms with Crippen molar-refractivity contribution in [2.45, 2.75) is 6.54 Å². The molecule has 1 aromatic rings. The molecule has 0 N–H and O–H groups in total. The van der Waals surface area contributed by atoms with Crippen LogP contribution in [0, 0.1) is 5.95 Å². The predicted octanol–water partition coefficient (Wildman–Crippen LogP) is 1.43. The molecule has 0 aliphatic heterocycles. The van der Waals surface area contributed by atoms with Crippen molar-refractivity contribution in [1.29, 1.82) is 0 Å². The van der Waals surface area contributed by atoms with Crippen LogP contribution >= 0.6 is 15.9 Å². The van der Waals surface area contributed by atoms with E-state index in [1.54, 1.807) is 7.11 Å². The Bertz CT molecular complexity index is 238. The Hall–Kier alpha value is -0.420. The molecule has 0 fully saturated rings. The van der Waals surface area contributed by atoms with Gasteiger partial charge in [-0.3, -0.25) is 0 Å². The van der Waals surface area contributed by atoms with Gasteiger partial charge in [-0.05, 0) is 15.9 Å². The molecule has 62 valence electrons. The monoisotopic (exact) mass is 222 g/mol. The van der Waals surface area contributed by atoms with Gasteiger partial charge in [0, 0.05) is 7.11 Å². The molecule has 0 saturated carbocycles. The summed E-state index contributed by atoms with van der Waals surface area (Å²) < 4.78 is 19.3. The van der Waals surface area contributed by atoms with Crippen molar-refractivity contribution in [3.63, 3.8) is 0 Å². The summed E-state index contributed by atoms with van der Waals surface area (Å²) in [6, 6.07) is 0. The fraction of sp³-hybridized carbons (Fsp3) is 0.500. The summed E-state index contributed by atoms with van der Waals surface area (Å²) in [5, 5.41) is 3.77. The highest BCUT2D eigenvalue weighted by Gasteiger charge is 2.05. The van der Waals surface area contributed by atoms with Crippen molar-refractivity contribution >= 4 is 15.9 Å². The second kappa shape index (κ2) is 3.82. The van der Waals surface area contributed by atoms with E-state index in [1.807, 2.05) is 0 Å². The maximum absolute atomic E-state index is 12.9. The van der Waals surface area contributed by atoms with Gasteiger partial charge in [-0.2, -0.15) is 9.49 Å². The van der Waals surface area contributed by atoms with Crippen LogP contribution in [0.25, 0.3) is 0 Å². The van der Waals surface area contributed by atoms with Gasteiger partial charge in [0.1, 0.15) is 0 Å². The molecule has 0 saturated heterocycles. The maximum atomic E-state index is 12.9. The van der Waals surface area contributed by atoms with E-state index in [0.29, 0.717) is 17.6 Å².